The highest BCUT2D eigenvalue weighted by atomic mass is 16.5. The molecular weight excluding hydrogens is 376 g/mol. The molecule has 2 rings (SSSR count). The number of hydrogen-bond donors (Lipinski definition) is 3. The monoisotopic (exact) mass is 404 g/mol. The highest BCUT2D eigenvalue weighted by molar-refractivity contribution is 5.93. The Balaban J connectivity index is 1.97. The van der Waals surface area contributed by atoms with Crippen LogP contribution in [0.2, 0.25) is 0 Å². The second-order valence-electron chi connectivity index (χ2n) is 7.29. The predicted octanol–water partition coefficient (Wildman–Crippen LogP) is 0.973. The summed E-state index contributed by atoms with van der Waals surface area (Å²) in [6.07, 6.45) is -0.178. The van der Waals surface area contributed by atoms with E-state index in [1.807, 2.05) is 13.8 Å². The Morgan fingerprint density at radius 1 is 1.28 bits per heavy atom. The van der Waals surface area contributed by atoms with Crippen molar-refractivity contribution in [3.63, 3.8) is 0 Å². The first-order valence-corrected chi connectivity index (χ1v) is 9.60. The van der Waals surface area contributed by atoms with Crippen LogP contribution < -0.4 is 16.0 Å². The van der Waals surface area contributed by atoms with Crippen molar-refractivity contribution >= 4 is 35.1 Å². The Morgan fingerprint density at radius 2 is 2.00 bits per heavy atom. The van der Waals surface area contributed by atoms with Gasteiger partial charge in [0.1, 0.15) is 6.04 Å². The number of esters is 1. The van der Waals surface area contributed by atoms with Crippen LogP contribution in [-0.2, 0) is 23.9 Å². The summed E-state index contributed by atoms with van der Waals surface area (Å²) in [6.45, 7) is 6.13. The maximum atomic E-state index is 12.7. The fraction of sp³-hybridized carbons (Fsp3) is 0.500. The third kappa shape index (κ3) is 7.10. The second kappa shape index (κ2) is 10.4. The summed E-state index contributed by atoms with van der Waals surface area (Å²) in [5.74, 6) is -1.17. The van der Waals surface area contributed by atoms with Crippen LogP contribution in [0.5, 0.6) is 0 Å². The first-order chi connectivity index (χ1) is 13.8. The minimum Gasteiger partial charge on any atom is -0.465 e. The molecule has 1 unspecified atom stereocenters. The van der Waals surface area contributed by atoms with Gasteiger partial charge in [-0.3, -0.25) is 19.2 Å². The molecule has 0 radical (unpaired) electrons. The summed E-state index contributed by atoms with van der Waals surface area (Å²) in [5.41, 5.74) is 1.26. The van der Waals surface area contributed by atoms with Gasteiger partial charge in [-0.05, 0) is 24.1 Å². The molecule has 0 aliphatic carbocycles. The van der Waals surface area contributed by atoms with E-state index in [0.29, 0.717) is 24.5 Å². The largest absolute Gasteiger partial charge is 0.465 e. The average Bonchev–Trinajstić information content (AvgIpc) is 2.66. The summed E-state index contributed by atoms with van der Waals surface area (Å²) in [4.78, 5) is 49.5. The van der Waals surface area contributed by atoms with E-state index in [1.54, 1.807) is 24.3 Å². The third-order valence-electron chi connectivity index (χ3n) is 4.22. The summed E-state index contributed by atoms with van der Waals surface area (Å²) in [5, 5.41) is 8.35. The number of rotatable bonds is 8. The minimum absolute atomic E-state index is 0.0473. The van der Waals surface area contributed by atoms with Gasteiger partial charge in [0, 0.05) is 31.4 Å². The minimum atomic E-state index is -0.886. The van der Waals surface area contributed by atoms with Gasteiger partial charge in [0.25, 0.3) is 0 Å². The molecular formula is C20H28N4O5. The van der Waals surface area contributed by atoms with Gasteiger partial charge in [-0.15, -0.1) is 0 Å². The zero-order valence-corrected chi connectivity index (χ0v) is 17.0. The lowest BCUT2D eigenvalue weighted by Crippen LogP contribution is -2.58. The van der Waals surface area contributed by atoms with E-state index in [-0.39, 0.29) is 43.2 Å². The molecule has 29 heavy (non-hydrogen) atoms. The second-order valence-corrected chi connectivity index (χ2v) is 7.29. The van der Waals surface area contributed by atoms with Gasteiger partial charge >= 0.3 is 5.97 Å². The fourth-order valence-electron chi connectivity index (χ4n) is 2.88. The van der Waals surface area contributed by atoms with Crippen molar-refractivity contribution < 1.29 is 23.9 Å². The molecule has 0 bridgehead atoms. The molecule has 158 valence electrons. The van der Waals surface area contributed by atoms with E-state index >= 15 is 0 Å². The van der Waals surface area contributed by atoms with Crippen molar-refractivity contribution in [1.29, 1.82) is 0 Å². The topological polar surface area (TPSA) is 117 Å². The Bertz CT molecular complexity index is 765. The predicted molar refractivity (Wildman–Crippen MR) is 108 cm³/mol. The van der Waals surface area contributed by atoms with E-state index < -0.39 is 12.0 Å². The first kappa shape index (κ1) is 22.2. The van der Waals surface area contributed by atoms with Gasteiger partial charge in [-0.1, -0.05) is 19.9 Å². The maximum Gasteiger partial charge on any atom is 0.308 e. The van der Waals surface area contributed by atoms with Crippen LogP contribution in [-0.4, -0.2) is 60.9 Å². The molecule has 0 spiro atoms. The summed E-state index contributed by atoms with van der Waals surface area (Å²) in [7, 11) is 0. The van der Waals surface area contributed by atoms with Gasteiger partial charge in [0.15, 0.2) is 0 Å². The van der Waals surface area contributed by atoms with E-state index in [1.165, 1.54) is 11.8 Å². The molecule has 1 fully saturated rings. The highest BCUT2D eigenvalue weighted by Crippen LogP contribution is 2.16. The smallest absolute Gasteiger partial charge is 0.308 e. The number of benzene rings is 1. The molecule has 3 N–H and O–H groups in total. The van der Waals surface area contributed by atoms with Crippen LogP contribution >= 0.6 is 0 Å². The Kier molecular flexibility index (Phi) is 7.99. The lowest BCUT2D eigenvalue weighted by Gasteiger charge is -2.34. The van der Waals surface area contributed by atoms with Gasteiger partial charge in [0.2, 0.25) is 17.7 Å². The van der Waals surface area contributed by atoms with Gasteiger partial charge in [0.05, 0.1) is 19.6 Å². The van der Waals surface area contributed by atoms with Gasteiger partial charge in [-0.2, -0.15) is 0 Å². The van der Waals surface area contributed by atoms with Crippen LogP contribution in [0.3, 0.4) is 0 Å². The molecule has 1 saturated heterocycles. The normalized spacial score (nSPS) is 16.2. The van der Waals surface area contributed by atoms with Crippen molar-refractivity contribution in [1.82, 2.24) is 10.2 Å². The van der Waals surface area contributed by atoms with Crippen LogP contribution in [0.1, 0.15) is 27.2 Å². The maximum absolute atomic E-state index is 12.7. The Morgan fingerprint density at radius 3 is 2.69 bits per heavy atom. The van der Waals surface area contributed by atoms with Gasteiger partial charge < -0.3 is 25.6 Å². The molecule has 3 amide bonds. The molecule has 1 heterocycles. The number of ether oxygens (including phenoxy) is 1. The number of amides is 3. The van der Waals surface area contributed by atoms with Crippen molar-refractivity contribution in [2.24, 2.45) is 5.92 Å². The molecule has 9 nitrogen and oxygen atoms in total. The van der Waals surface area contributed by atoms with Crippen LogP contribution in [0.15, 0.2) is 24.3 Å². The summed E-state index contributed by atoms with van der Waals surface area (Å²) < 4.78 is 5.15. The average molecular weight is 404 g/mol. The number of carbonyl (C=O) groups excluding carboxylic acids is 4. The number of piperazine rings is 1. The van der Waals surface area contributed by atoms with E-state index in [4.69, 9.17) is 4.74 Å². The fourth-order valence-corrected chi connectivity index (χ4v) is 2.88. The SMILES string of the molecule is CC(=O)Nc1cccc(NCC(=O)N2CCNC(=O)C2CC(=O)OCC(C)C)c1. The van der Waals surface area contributed by atoms with Crippen LogP contribution in [0.4, 0.5) is 11.4 Å². The van der Waals surface area contributed by atoms with E-state index in [2.05, 4.69) is 16.0 Å². The van der Waals surface area contributed by atoms with Crippen molar-refractivity contribution in [3.8, 4) is 0 Å². The zero-order chi connectivity index (χ0) is 21.4. The molecule has 0 saturated carbocycles. The van der Waals surface area contributed by atoms with E-state index in [0.717, 1.165) is 0 Å². The highest BCUT2D eigenvalue weighted by Gasteiger charge is 2.35. The zero-order valence-electron chi connectivity index (χ0n) is 17.0. The molecule has 1 aliphatic rings. The lowest BCUT2D eigenvalue weighted by atomic mass is 10.1. The number of nitrogens with zero attached hydrogens (tertiary/aromatic N) is 1. The summed E-state index contributed by atoms with van der Waals surface area (Å²) >= 11 is 0. The molecule has 1 atom stereocenters. The molecule has 1 aromatic carbocycles. The van der Waals surface area contributed by atoms with E-state index in [9.17, 15) is 19.2 Å². The van der Waals surface area contributed by atoms with Crippen molar-refractivity contribution in [2.45, 2.75) is 33.2 Å². The Labute approximate surface area is 170 Å². The van der Waals surface area contributed by atoms with Crippen LogP contribution in [0, 0.1) is 5.92 Å². The lowest BCUT2D eigenvalue weighted by molar-refractivity contribution is -0.152. The first-order valence-electron chi connectivity index (χ1n) is 9.60. The summed E-state index contributed by atoms with van der Waals surface area (Å²) in [6, 6.07) is 6.08. The number of anilines is 2. The van der Waals surface area contributed by atoms with Crippen molar-refractivity contribution in [3.05, 3.63) is 24.3 Å². The van der Waals surface area contributed by atoms with Crippen molar-refractivity contribution in [2.75, 3.05) is 36.9 Å². The van der Waals surface area contributed by atoms with Crippen LogP contribution in [0.25, 0.3) is 0 Å². The number of nitrogens with one attached hydrogen (secondary N) is 3. The number of carbonyl (C=O) groups is 4. The standard InChI is InChI=1S/C20H28N4O5/c1-13(2)12-29-19(27)10-17-20(28)21-7-8-24(17)18(26)11-22-15-5-4-6-16(9-15)23-14(3)25/h4-6,9,13,17,22H,7-8,10-12H2,1-3H3,(H,21,28)(H,23,25). The molecule has 0 aromatic heterocycles. The molecule has 9 heteroatoms. The van der Waals surface area contributed by atoms with Gasteiger partial charge in [-0.25, -0.2) is 0 Å². The Hall–Kier alpha value is -3.10. The third-order valence-corrected chi connectivity index (χ3v) is 4.22. The quantitative estimate of drug-likeness (QED) is 0.556. The molecule has 1 aromatic rings. The number of hydrogen-bond acceptors (Lipinski definition) is 6. The molecule has 1 aliphatic heterocycles.